The number of aryl methyl sites for hydroxylation is 1. The Morgan fingerprint density at radius 2 is 2.22 bits per heavy atom. The summed E-state index contributed by atoms with van der Waals surface area (Å²) >= 11 is 1.37. The Morgan fingerprint density at radius 3 is 2.83 bits per heavy atom. The average molecular weight is 333 g/mol. The van der Waals surface area contributed by atoms with E-state index in [-0.39, 0.29) is 5.91 Å². The van der Waals surface area contributed by atoms with Crippen molar-refractivity contribution in [3.63, 3.8) is 0 Å². The van der Waals surface area contributed by atoms with Crippen molar-refractivity contribution in [3.05, 3.63) is 35.9 Å². The maximum Gasteiger partial charge on any atom is 0.233 e. The van der Waals surface area contributed by atoms with E-state index in [2.05, 4.69) is 34.0 Å². The summed E-state index contributed by atoms with van der Waals surface area (Å²) < 4.78 is 0. The van der Waals surface area contributed by atoms with Gasteiger partial charge in [-0.05, 0) is 18.1 Å². The third kappa shape index (κ3) is 5.67. The number of carbonyl (C=O) groups is 1. The molecule has 2 aromatic heterocycles. The molecule has 7 heteroatoms. The molecule has 0 aliphatic heterocycles. The van der Waals surface area contributed by atoms with Gasteiger partial charge in [0, 0.05) is 19.2 Å². The Balaban J connectivity index is 1.95. The lowest BCUT2D eigenvalue weighted by Gasteiger charge is -2.24. The fourth-order valence-electron chi connectivity index (χ4n) is 2.10. The highest BCUT2D eigenvalue weighted by Crippen LogP contribution is 2.15. The van der Waals surface area contributed by atoms with E-state index in [1.807, 2.05) is 30.0 Å². The number of hydrogen-bond acceptors (Lipinski definition) is 5. The third-order valence-electron chi connectivity index (χ3n) is 3.19. The van der Waals surface area contributed by atoms with E-state index in [0.717, 1.165) is 17.9 Å². The predicted octanol–water partition coefficient (Wildman–Crippen LogP) is 2.54. The molecule has 0 unspecified atom stereocenters. The van der Waals surface area contributed by atoms with Crippen LogP contribution in [0.5, 0.6) is 0 Å². The van der Waals surface area contributed by atoms with Crippen molar-refractivity contribution in [3.8, 4) is 0 Å². The smallest absolute Gasteiger partial charge is 0.233 e. The van der Waals surface area contributed by atoms with Crippen LogP contribution in [0.4, 0.5) is 0 Å². The van der Waals surface area contributed by atoms with E-state index < -0.39 is 0 Å². The molecule has 0 spiro atoms. The third-order valence-corrected chi connectivity index (χ3v) is 4.02. The molecule has 0 bridgehead atoms. The van der Waals surface area contributed by atoms with Gasteiger partial charge in [-0.1, -0.05) is 38.6 Å². The van der Waals surface area contributed by atoms with Crippen molar-refractivity contribution in [2.24, 2.45) is 5.92 Å². The number of hydrogen-bond donors (Lipinski definition) is 1. The lowest BCUT2D eigenvalue weighted by molar-refractivity contribution is -0.129. The summed E-state index contributed by atoms with van der Waals surface area (Å²) in [5, 5.41) is 7.59. The van der Waals surface area contributed by atoms with Crippen LogP contribution in [0.2, 0.25) is 0 Å². The molecule has 0 aromatic carbocycles. The highest BCUT2D eigenvalue weighted by atomic mass is 32.2. The van der Waals surface area contributed by atoms with Gasteiger partial charge < -0.3 is 4.90 Å². The first kappa shape index (κ1) is 17.5. The van der Waals surface area contributed by atoms with Crippen LogP contribution in [0.1, 0.15) is 32.3 Å². The van der Waals surface area contributed by atoms with Crippen LogP contribution in [0.25, 0.3) is 0 Å². The molecule has 124 valence electrons. The number of nitrogens with one attached hydrogen (secondary N) is 1. The van der Waals surface area contributed by atoms with Crippen LogP contribution in [0.15, 0.2) is 29.6 Å². The summed E-state index contributed by atoms with van der Waals surface area (Å²) in [5.74, 6) is 1.66. The van der Waals surface area contributed by atoms with Crippen molar-refractivity contribution >= 4 is 17.7 Å². The Hall–Kier alpha value is -1.89. The largest absolute Gasteiger partial charge is 0.336 e. The second-order valence-electron chi connectivity index (χ2n) is 5.70. The molecule has 23 heavy (non-hydrogen) atoms. The molecular weight excluding hydrogens is 310 g/mol. The van der Waals surface area contributed by atoms with Crippen molar-refractivity contribution in [1.82, 2.24) is 25.1 Å². The van der Waals surface area contributed by atoms with E-state index in [1.54, 1.807) is 6.20 Å². The fourth-order valence-corrected chi connectivity index (χ4v) is 2.82. The number of nitrogens with zero attached hydrogens (tertiary/aromatic N) is 4. The molecule has 1 N–H and O–H groups in total. The van der Waals surface area contributed by atoms with E-state index in [4.69, 9.17) is 0 Å². The quantitative estimate of drug-likeness (QED) is 0.751. The summed E-state index contributed by atoms with van der Waals surface area (Å²) in [4.78, 5) is 23.0. The molecule has 0 saturated carbocycles. The van der Waals surface area contributed by atoms with Gasteiger partial charge in [0.05, 0.1) is 18.0 Å². The Labute approximate surface area is 141 Å². The number of rotatable bonds is 8. The standard InChI is InChI=1S/C16H23N5OS/c1-4-14-18-16(20-19-14)23-11-15(22)21(9-12(2)3)10-13-7-5-6-8-17-13/h5-8,12H,4,9-11H2,1-3H3,(H,18,19,20). The van der Waals surface area contributed by atoms with Gasteiger partial charge in [0.15, 0.2) is 0 Å². The van der Waals surface area contributed by atoms with Gasteiger partial charge in [-0.3, -0.25) is 14.9 Å². The molecule has 0 aliphatic rings. The molecule has 0 aliphatic carbocycles. The predicted molar refractivity (Wildman–Crippen MR) is 91.0 cm³/mol. The normalized spacial score (nSPS) is 11.0. The number of aromatic nitrogens is 4. The second-order valence-corrected chi connectivity index (χ2v) is 6.64. The van der Waals surface area contributed by atoms with Crippen LogP contribution in [-0.4, -0.2) is 43.3 Å². The molecule has 0 radical (unpaired) electrons. The number of pyridine rings is 1. The van der Waals surface area contributed by atoms with E-state index >= 15 is 0 Å². The Kier molecular flexibility index (Phi) is 6.58. The summed E-state index contributed by atoms with van der Waals surface area (Å²) in [6.07, 6.45) is 2.56. The van der Waals surface area contributed by atoms with Crippen LogP contribution in [-0.2, 0) is 17.8 Å². The molecule has 2 aromatic rings. The van der Waals surface area contributed by atoms with Gasteiger partial charge in [0.1, 0.15) is 5.82 Å². The van der Waals surface area contributed by atoms with Crippen molar-refractivity contribution in [2.75, 3.05) is 12.3 Å². The summed E-state index contributed by atoms with van der Waals surface area (Å²) in [6.45, 7) is 7.47. The van der Waals surface area contributed by atoms with Gasteiger partial charge in [0.2, 0.25) is 11.1 Å². The van der Waals surface area contributed by atoms with Crippen LogP contribution < -0.4 is 0 Å². The number of amides is 1. The molecule has 0 fully saturated rings. The zero-order valence-corrected chi connectivity index (χ0v) is 14.6. The van der Waals surface area contributed by atoms with E-state index in [9.17, 15) is 4.79 Å². The molecule has 0 saturated heterocycles. The average Bonchev–Trinajstić information content (AvgIpc) is 3.00. The highest BCUT2D eigenvalue weighted by Gasteiger charge is 2.17. The van der Waals surface area contributed by atoms with Crippen LogP contribution >= 0.6 is 11.8 Å². The van der Waals surface area contributed by atoms with Gasteiger partial charge in [-0.15, -0.1) is 5.10 Å². The second kappa shape index (κ2) is 8.67. The Bertz CT molecular complexity index is 614. The minimum Gasteiger partial charge on any atom is -0.336 e. The molecule has 0 atom stereocenters. The maximum absolute atomic E-state index is 12.5. The monoisotopic (exact) mass is 333 g/mol. The number of H-pyrrole nitrogens is 1. The van der Waals surface area contributed by atoms with E-state index in [0.29, 0.717) is 29.9 Å². The van der Waals surface area contributed by atoms with Crippen LogP contribution in [0, 0.1) is 5.92 Å². The molecular formula is C16H23N5OS. The zero-order chi connectivity index (χ0) is 16.7. The highest BCUT2D eigenvalue weighted by molar-refractivity contribution is 7.99. The number of carbonyl (C=O) groups excluding carboxylic acids is 1. The topological polar surface area (TPSA) is 74.8 Å². The molecule has 2 heterocycles. The summed E-state index contributed by atoms with van der Waals surface area (Å²) in [7, 11) is 0. The van der Waals surface area contributed by atoms with Crippen molar-refractivity contribution in [1.29, 1.82) is 0 Å². The lowest BCUT2D eigenvalue weighted by Crippen LogP contribution is -2.35. The number of thioether (sulfide) groups is 1. The zero-order valence-electron chi connectivity index (χ0n) is 13.8. The minimum atomic E-state index is 0.0807. The van der Waals surface area contributed by atoms with Gasteiger partial charge in [0.25, 0.3) is 0 Å². The SMILES string of the molecule is CCc1nc(SCC(=O)N(Cc2ccccn2)CC(C)C)n[nH]1. The maximum atomic E-state index is 12.5. The number of aromatic amines is 1. The van der Waals surface area contributed by atoms with Crippen molar-refractivity contribution in [2.45, 2.75) is 38.9 Å². The molecule has 2 rings (SSSR count). The minimum absolute atomic E-state index is 0.0807. The molecule has 6 nitrogen and oxygen atoms in total. The van der Waals surface area contributed by atoms with Crippen molar-refractivity contribution < 1.29 is 4.79 Å². The lowest BCUT2D eigenvalue weighted by atomic mass is 10.2. The van der Waals surface area contributed by atoms with Gasteiger partial charge >= 0.3 is 0 Å². The van der Waals surface area contributed by atoms with Crippen LogP contribution in [0.3, 0.4) is 0 Å². The van der Waals surface area contributed by atoms with Gasteiger partial charge in [-0.25, -0.2) is 4.98 Å². The fraction of sp³-hybridized carbons (Fsp3) is 0.500. The first-order valence-electron chi connectivity index (χ1n) is 7.80. The summed E-state index contributed by atoms with van der Waals surface area (Å²) in [6, 6.07) is 5.76. The summed E-state index contributed by atoms with van der Waals surface area (Å²) in [5.41, 5.74) is 0.901. The molecule has 1 amide bonds. The first-order chi connectivity index (χ1) is 11.1. The first-order valence-corrected chi connectivity index (χ1v) is 8.78. The van der Waals surface area contributed by atoms with Gasteiger partial charge in [-0.2, -0.15) is 0 Å². The Morgan fingerprint density at radius 1 is 1.39 bits per heavy atom. The van der Waals surface area contributed by atoms with E-state index in [1.165, 1.54) is 11.8 Å².